The van der Waals surface area contributed by atoms with Crippen LogP contribution in [0.25, 0.3) is 16.5 Å². The van der Waals surface area contributed by atoms with Gasteiger partial charge in [-0.3, -0.25) is 9.36 Å². The van der Waals surface area contributed by atoms with Gasteiger partial charge in [0, 0.05) is 5.39 Å². The molecule has 1 aliphatic carbocycles. The van der Waals surface area contributed by atoms with Crippen LogP contribution < -0.4 is 5.32 Å². The van der Waals surface area contributed by atoms with Crippen molar-refractivity contribution in [1.82, 2.24) is 14.9 Å². The highest BCUT2D eigenvalue weighted by atomic mass is 79.9. The van der Waals surface area contributed by atoms with Crippen LogP contribution >= 0.6 is 27.7 Å². The van der Waals surface area contributed by atoms with Gasteiger partial charge in [0.05, 0.1) is 18.4 Å². The van der Waals surface area contributed by atoms with E-state index in [1.807, 2.05) is 36.4 Å². The molecule has 0 aliphatic heterocycles. The van der Waals surface area contributed by atoms with E-state index < -0.39 is 24.0 Å². The average molecular weight is 498 g/mol. The third-order valence-corrected chi connectivity index (χ3v) is 6.28. The van der Waals surface area contributed by atoms with Gasteiger partial charge in [-0.25, -0.2) is 4.98 Å². The van der Waals surface area contributed by atoms with Crippen LogP contribution in [-0.4, -0.2) is 43.8 Å². The van der Waals surface area contributed by atoms with Crippen LogP contribution in [0.5, 0.6) is 0 Å². The number of thioether (sulfide) groups is 1. The number of imidazole rings is 1. The molecule has 1 saturated carbocycles. The summed E-state index contributed by atoms with van der Waals surface area (Å²) >= 11 is 3.36. The number of benzene rings is 2. The van der Waals surface area contributed by atoms with Crippen molar-refractivity contribution in [3.63, 3.8) is 0 Å². The summed E-state index contributed by atoms with van der Waals surface area (Å²) in [7, 11) is 0. The predicted octanol–water partition coefficient (Wildman–Crippen LogP) is 3.78. The Kier molecular flexibility index (Phi) is 5.84. The molecule has 6 nitrogen and oxygen atoms in total. The van der Waals surface area contributed by atoms with E-state index >= 15 is 0 Å². The molecule has 0 saturated heterocycles. The summed E-state index contributed by atoms with van der Waals surface area (Å²) in [6.07, 6.45) is 1.77. The standard InChI is InChI=1S/C20H18BrF2N3O3S/c21-16-9-25-19(30-20(22,23)18(29)24-10-17(27)28)26(16)15-8-7-12(11-5-6-11)13-3-1-2-4-14(13)15/h1-4,7-9,11,17,27-28H,5-6,10H2,(H,24,29). The molecule has 2 aromatic carbocycles. The van der Waals surface area contributed by atoms with Gasteiger partial charge in [0.15, 0.2) is 11.4 Å². The smallest absolute Gasteiger partial charge is 0.367 e. The minimum atomic E-state index is -3.86. The quantitative estimate of drug-likeness (QED) is 0.341. The summed E-state index contributed by atoms with van der Waals surface area (Å²) in [6, 6.07) is 11.7. The van der Waals surface area contributed by atoms with E-state index in [0.717, 1.165) is 23.6 Å². The van der Waals surface area contributed by atoms with Crippen LogP contribution in [0.15, 0.2) is 52.4 Å². The second kappa shape index (κ2) is 8.26. The first-order valence-corrected chi connectivity index (χ1v) is 10.9. The zero-order chi connectivity index (χ0) is 21.5. The summed E-state index contributed by atoms with van der Waals surface area (Å²) in [5, 5.41) is 17.4. The lowest BCUT2D eigenvalue weighted by Gasteiger charge is -2.18. The SMILES string of the molecule is O=C(NCC(O)O)C(F)(F)Sc1ncc(Br)n1-c1ccc(C2CC2)c2ccccc12. The summed E-state index contributed by atoms with van der Waals surface area (Å²) in [5.74, 6) is -1.10. The molecule has 0 unspecified atom stereocenters. The molecular formula is C20H18BrF2N3O3S. The molecule has 0 bridgehead atoms. The summed E-state index contributed by atoms with van der Waals surface area (Å²) < 4.78 is 30.9. The second-order valence-electron chi connectivity index (χ2n) is 7.00. The van der Waals surface area contributed by atoms with Crippen LogP contribution in [0.4, 0.5) is 8.78 Å². The Bertz CT molecular complexity index is 1100. The van der Waals surface area contributed by atoms with Crippen LogP contribution in [-0.2, 0) is 4.79 Å². The molecule has 3 aromatic rings. The van der Waals surface area contributed by atoms with Crippen molar-refractivity contribution in [2.24, 2.45) is 0 Å². The number of aliphatic hydroxyl groups excluding tert-OH is 1. The average Bonchev–Trinajstić information content (AvgIpc) is 3.49. The molecule has 0 radical (unpaired) electrons. The number of amides is 1. The predicted molar refractivity (Wildman–Crippen MR) is 113 cm³/mol. The number of halogens is 3. The number of aliphatic hydroxyl groups is 2. The monoisotopic (exact) mass is 497 g/mol. The third kappa shape index (κ3) is 4.22. The number of hydrogen-bond donors (Lipinski definition) is 3. The number of hydrogen-bond acceptors (Lipinski definition) is 5. The summed E-state index contributed by atoms with van der Waals surface area (Å²) in [4.78, 5) is 15.9. The minimum Gasteiger partial charge on any atom is -0.367 e. The first-order chi connectivity index (χ1) is 14.3. The molecule has 1 heterocycles. The van der Waals surface area contributed by atoms with Gasteiger partial charge in [-0.15, -0.1) is 0 Å². The van der Waals surface area contributed by atoms with Gasteiger partial charge >= 0.3 is 11.2 Å². The first-order valence-electron chi connectivity index (χ1n) is 9.24. The van der Waals surface area contributed by atoms with Gasteiger partial charge in [0.1, 0.15) is 4.60 Å². The molecule has 1 amide bonds. The topological polar surface area (TPSA) is 87.4 Å². The van der Waals surface area contributed by atoms with Crippen molar-refractivity contribution < 1.29 is 23.8 Å². The molecule has 10 heteroatoms. The maximum Gasteiger partial charge on any atom is 0.377 e. The van der Waals surface area contributed by atoms with Crippen molar-refractivity contribution in [2.75, 3.05) is 6.54 Å². The van der Waals surface area contributed by atoms with E-state index in [4.69, 9.17) is 10.2 Å². The van der Waals surface area contributed by atoms with Gasteiger partial charge in [-0.05, 0) is 63.5 Å². The van der Waals surface area contributed by atoms with Crippen LogP contribution in [0, 0.1) is 0 Å². The Morgan fingerprint density at radius 2 is 1.97 bits per heavy atom. The van der Waals surface area contributed by atoms with Gasteiger partial charge in [0.25, 0.3) is 0 Å². The normalized spacial score (nSPS) is 14.5. The highest BCUT2D eigenvalue weighted by molar-refractivity contribution is 9.10. The molecule has 3 N–H and O–H groups in total. The maximum absolute atomic E-state index is 14.5. The molecule has 1 aromatic heterocycles. The number of nitrogens with zero attached hydrogens (tertiary/aromatic N) is 2. The molecule has 1 fully saturated rings. The molecule has 30 heavy (non-hydrogen) atoms. The minimum absolute atomic E-state index is 0.00744. The number of carbonyl (C=O) groups is 1. The lowest BCUT2D eigenvalue weighted by Crippen LogP contribution is -2.41. The van der Waals surface area contributed by atoms with E-state index in [1.54, 1.807) is 5.32 Å². The van der Waals surface area contributed by atoms with E-state index in [-0.39, 0.29) is 16.9 Å². The van der Waals surface area contributed by atoms with E-state index in [2.05, 4.69) is 20.9 Å². The molecule has 1 aliphatic rings. The van der Waals surface area contributed by atoms with E-state index in [0.29, 0.717) is 16.2 Å². The van der Waals surface area contributed by atoms with Gasteiger partial charge < -0.3 is 15.5 Å². The zero-order valence-electron chi connectivity index (χ0n) is 15.6. The number of alkyl halides is 2. The Morgan fingerprint density at radius 1 is 1.27 bits per heavy atom. The van der Waals surface area contributed by atoms with Crippen molar-refractivity contribution in [2.45, 2.75) is 35.5 Å². The Morgan fingerprint density at radius 3 is 2.63 bits per heavy atom. The molecule has 0 atom stereocenters. The molecular weight excluding hydrogens is 480 g/mol. The lowest BCUT2D eigenvalue weighted by molar-refractivity contribution is -0.137. The van der Waals surface area contributed by atoms with Crippen molar-refractivity contribution in [3.8, 4) is 5.69 Å². The number of aromatic nitrogens is 2. The Labute approximate surface area is 183 Å². The van der Waals surface area contributed by atoms with Crippen molar-refractivity contribution in [1.29, 1.82) is 0 Å². The molecule has 0 spiro atoms. The summed E-state index contributed by atoms with van der Waals surface area (Å²) in [5.41, 5.74) is 1.91. The molecule has 158 valence electrons. The van der Waals surface area contributed by atoms with E-state index in [9.17, 15) is 13.6 Å². The summed E-state index contributed by atoms with van der Waals surface area (Å²) in [6.45, 7) is -0.694. The number of rotatable bonds is 7. The Balaban J connectivity index is 1.72. The van der Waals surface area contributed by atoms with Crippen LogP contribution in [0.2, 0.25) is 0 Å². The largest absolute Gasteiger partial charge is 0.377 e. The van der Waals surface area contributed by atoms with Gasteiger partial charge in [0.2, 0.25) is 0 Å². The lowest BCUT2D eigenvalue weighted by atomic mass is 9.99. The fraction of sp³-hybridized carbons (Fsp3) is 0.300. The third-order valence-electron chi connectivity index (χ3n) is 4.81. The van der Waals surface area contributed by atoms with E-state index in [1.165, 1.54) is 16.3 Å². The van der Waals surface area contributed by atoms with Gasteiger partial charge in [-0.2, -0.15) is 8.78 Å². The van der Waals surface area contributed by atoms with Crippen LogP contribution in [0.3, 0.4) is 0 Å². The number of fused-ring (bicyclic) bond motifs is 1. The molecule has 4 rings (SSSR count). The maximum atomic E-state index is 14.5. The number of nitrogens with one attached hydrogen (secondary N) is 1. The first kappa shape index (κ1) is 21.2. The fourth-order valence-electron chi connectivity index (χ4n) is 3.31. The van der Waals surface area contributed by atoms with Gasteiger partial charge in [-0.1, -0.05) is 30.3 Å². The zero-order valence-corrected chi connectivity index (χ0v) is 18.0. The van der Waals surface area contributed by atoms with Crippen LogP contribution in [0.1, 0.15) is 24.3 Å². The van der Waals surface area contributed by atoms with Crippen molar-refractivity contribution in [3.05, 3.63) is 52.8 Å². The fourth-order valence-corrected chi connectivity index (χ4v) is 4.67. The number of carbonyl (C=O) groups excluding carboxylic acids is 1. The highest BCUT2D eigenvalue weighted by Crippen LogP contribution is 2.45. The second-order valence-corrected chi connectivity index (χ2v) is 8.90. The Hall–Kier alpha value is -2.01. The van der Waals surface area contributed by atoms with Crippen molar-refractivity contribution >= 4 is 44.4 Å². The highest BCUT2D eigenvalue weighted by Gasteiger charge is 2.42.